The third-order valence-corrected chi connectivity index (χ3v) is 5.29. The second-order valence-electron chi connectivity index (χ2n) is 6.91. The van der Waals surface area contributed by atoms with Gasteiger partial charge in [0.2, 0.25) is 10.7 Å². The van der Waals surface area contributed by atoms with Gasteiger partial charge in [-0.25, -0.2) is 9.97 Å². The molecule has 0 bridgehead atoms. The molecule has 8 nitrogen and oxygen atoms in total. The number of nitrogens with zero attached hydrogens (tertiary/aromatic N) is 7. The Morgan fingerprint density at radius 3 is 2.56 bits per heavy atom. The van der Waals surface area contributed by atoms with Crippen molar-refractivity contribution in [2.24, 2.45) is 0 Å². The summed E-state index contributed by atoms with van der Waals surface area (Å²) in [6, 6.07) is 8.11. The Morgan fingerprint density at radius 1 is 1.07 bits per heavy atom. The Bertz CT molecular complexity index is 973. The van der Waals surface area contributed by atoms with Crippen molar-refractivity contribution in [1.82, 2.24) is 29.8 Å². The van der Waals surface area contributed by atoms with E-state index in [1.54, 1.807) is 17.1 Å². The maximum absolute atomic E-state index is 5.64. The molecule has 1 saturated heterocycles. The molecule has 140 valence electrons. The van der Waals surface area contributed by atoms with E-state index in [1.807, 2.05) is 10.7 Å². The Labute approximate surface area is 163 Å². The third-order valence-electron chi connectivity index (χ3n) is 4.91. The highest BCUT2D eigenvalue weighted by Crippen LogP contribution is 2.15. The molecule has 1 N–H and O–H groups in total. The van der Waals surface area contributed by atoms with Crippen molar-refractivity contribution in [2.75, 3.05) is 31.1 Å². The second kappa shape index (κ2) is 7.53. The fourth-order valence-corrected chi connectivity index (χ4v) is 3.56. The minimum Gasteiger partial charge on any atom is -0.330 e. The van der Waals surface area contributed by atoms with Crippen molar-refractivity contribution in [1.29, 1.82) is 0 Å². The van der Waals surface area contributed by atoms with Crippen LogP contribution in [0.4, 0.5) is 5.95 Å². The number of tetrazole rings is 1. The van der Waals surface area contributed by atoms with Gasteiger partial charge in [0.05, 0.1) is 31.9 Å². The maximum atomic E-state index is 5.64. The molecule has 0 unspecified atom stereocenters. The minimum atomic E-state index is 0.630. The number of nitrogens with one attached hydrogen (secondary N) is 1. The number of benzene rings is 1. The number of piperazine rings is 1. The molecule has 4 rings (SSSR count). The summed E-state index contributed by atoms with van der Waals surface area (Å²) in [6.45, 7) is 8.64. The Balaban J connectivity index is 1.45. The van der Waals surface area contributed by atoms with Gasteiger partial charge in [-0.3, -0.25) is 0 Å². The molecule has 1 aliphatic rings. The van der Waals surface area contributed by atoms with Gasteiger partial charge in [-0.15, -0.1) is 0 Å². The van der Waals surface area contributed by atoms with Gasteiger partial charge in [0.25, 0.3) is 0 Å². The van der Waals surface area contributed by atoms with Crippen LogP contribution < -0.4 is 9.80 Å². The molecule has 0 atom stereocenters. The Hall–Kier alpha value is -2.65. The van der Waals surface area contributed by atoms with Crippen LogP contribution in [-0.4, -0.2) is 55.9 Å². The molecule has 0 amide bonds. The van der Waals surface area contributed by atoms with Crippen molar-refractivity contribution in [2.45, 2.75) is 20.5 Å². The summed E-state index contributed by atoms with van der Waals surface area (Å²) in [5, 5.41) is 8.60. The number of aromatic nitrogens is 6. The van der Waals surface area contributed by atoms with Crippen LogP contribution in [0.15, 0.2) is 36.7 Å². The molecule has 1 fully saturated rings. The third kappa shape index (κ3) is 3.74. The summed E-state index contributed by atoms with van der Waals surface area (Å²) >= 11 is 5.64. The zero-order valence-electron chi connectivity index (χ0n) is 15.5. The lowest BCUT2D eigenvalue weighted by molar-refractivity contribution is -0.924. The highest BCUT2D eigenvalue weighted by molar-refractivity contribution is 7.71. The molecule has 9 heteroatoms. The molecule has 1 aromatic carbocycles. The first-order chi connectivity index (χ1) is 13.1. The van der Waals surface area contributed by atoms with E-state index >= 15 is 0 Å². The molecule has 3 heterocycles. The van der Waals surface area contributed by atoms with Gasteiger partial charge in [0.15, 0.2) is 6.67 Å². The van der Waals surface area contributed by atoms with Crippen LogP contribution in [0.1, 0.15) is 11.1 Å². The van der Waals surface area contributed by atoms with Gasteiger partial charge in [0.1, 0.15) is 0 Å². The van der Waals surface area contributed by atoms with E-state index in [4.69, 9.17) is 12.2 Å². The molecule has 1 aliphatic heterocycles. The largest absolute Gasteiger partial charge is 0.330 e. The van der Waals surface area contributed by atoms with Crippen molar-refractivity contribution in [3.8, 4) is 5.69 Å². The number of hydrogen-bond acceptors (Lipinski definition) is 6. The predicted octanol–water partition coefficient (Wildman–Crippen LogP) is 0.568. The van der Waals surface area contributed by atoms with E-state index in [0.29, 0.717) is 11.4 Å². The van der Waals surface area contributed by atoms with Gasteiger partial charge in [-0.05, 0) is 59.8 Å². The zero-order valence-corrected chi connectivity index (χ0v) is 16.4. The van der Waals surface area contributed by atoms with E-state index < -0.39 is 0 Å². The number of hydrogen-bond donors (Lipinski definition) is 1. The fraction of sp³-hybridized carbons (Fsp3) is 0.389. The Kier molecular flexibility index (Phi) is 4.95. The van der Waals surface area contributed by atoms with Crippen LogP contribution in [0, 0.1) is 18.6 Å². The minimum absolute atomic E-state index is 0.630. The van der Waals surface area contributed by atoms with Crippen LogP contribution in [0.3, 0.4) is 0 Å². The molecule has 0 aliphatic carbocycles. The second-order valence-corrected chi connectivity index (χ2v) is 7.27. The highest BCUT2D eigenvalue weighted by atomic mass is 32.1. The van der Waals surface area contributed by atoms with E-state index in [2.05, 4.69) is 57.3 Å². The first-order valence-corrected chi connectivity index (χ1v) is 9.48. The number of quaternary nitrogens is 1. The van der Waals surface area contributed by atoms with Crippen LogP contribution in [0.2, 0.25) is 0 Å². The van der Waals surface area contributed by atoms with Crippen LogP contribution in [0.5, 0.6) is 0 Å². The van der Waals surface area contributed by atoms with Crippen molar-refractivity contribution in [3.05, 3.63) is 52.6 Å². The number of rotatable bonds is 4. The Morgan fingerprint density at radius 2 is 1.81 bits per heavy atom. The van der Waals surface area contributed by atoms with Gasteiger partial charge < -0.3 is 9.80 Å². The average Bonchev–Trinajstić information content (AvgIpc) is 3.05. The monoisotopic (exact) mass is 383 g/mol. The molecule has 0 saturated carbocycles. The molecule has 27 heavy (non-hydrogen) atoms. The first-order valence-electron chi connectivity index (χ1n) is 9.08. The van der Waals surface area contributed by atoms with E-state index in [1.165, 1.54) is 10.5 Å². The van der Waals surface area contributed by atoms with Gasteiger partial charge >= 0.3 is 0 Å². The average molecular weight is 384 g/mol. The molecule has 2 aromatic heterocycles. The lowest BCUT2D eigenvalue weighted by Gasteiger charge is -2.31. The summed E-state index contributed by atoms with van der Waals surface area (Å²) in [6.07, 6.45) is 3.57. The van der Waals surface area contributed by atoms with Gasteiger partial charge in [-0.1, -0.05) is 12.1 Å². The summed E-state index contributed by atoms with van der Waals surface area (Å²) in [5.41, 5.74) is 3.30. The van der Waals surface area contributed by atoms with Crippen LogP contribution in [-0.2, 0) is 6.67 Å². The molecular weight excluding hydrogens is 360 g/mol. The van der Waals surface area contributed by atoms with Crippen molar-refractivity contribution >= 4 is 18.2 Å². The van der Waals surface area contributed by atoms with Crippen molar-refractivity contribution in [3.63, 3.8) is 0 Å². The van der Waals surface area contributed by atoms with Gasteiger partial charge in [0, 0.05) is 12.4 Å². The molecule has 3 aromatic rings. The van der Waals surface area contributed by atoms with Crippen LogP contribution in [0.25, 0.3) is 5.69 Å². The van der Waals surface area contributed by atoms with E-state index in [0.717, 1.165) is 43.4 Å². The predicted molar refractivity (Wildman–Crippen MR) is 105 cm³/mol. The highest BCUT2D eigenvalue weighted by Gasteiger charge is 2.22. The number of anilines is 1. The molecular formula is C18H23N8S+. The zero-order chi connectivity index (χ0) is 18.8. The first kappa shape index (κ1) is 17.7. The summed E-state index contributed by atoms with van der Waals surface area (Å²) in [5.74, 6) is 0.800. The van der Waals surface area contributed by atoms with Crippen LogP contribution >= 0.6 is 12.2 Å². The fourth-order valence-electron chi connectivity index (χ4n) is 3.32. The standard InChI is InChI=1S/C18H22N8S/c1-14-4-5-15(2)16(12-14)26-18(27)25(21-22-26)13-23-8-10-24(11-9-23)17-19-6-3-7-20-17/h3-7,12H,8-11,13H2,1-2H3/p+1. The smallest absolute Gasteiger partial charge is 0.225 e. The summed E-state index contributed by atoms with van der Waals surface area (Å²) in [7, 11) is 0. The lowest BCUT2D eigenvalue weighted by Crippen LogP contribution is -3.14. The summed E-state index contributed by atoms with van der Waals surface area (Å²) < 4.78 is 4.21. The number of aryl methyl sites for hydroxylation is 2. The van der Waals surface area contributed by atoms with Crippen molar-refractivity contribution < 1.29 is 4.90 Å². The normalized spacial score (nSPS) is 15.3. The van der Waals surface area contributed by atoms with E-state index in [-0.39, 0.29) is 0 Å². The molecule has 0 radical (unpaired) electrons. The maximum Gasteiger partial charge on any atom is 0.225 e. The summed E-state index contributed by atoms with van der Waals surface area (Å²) in [4.78, 5) is 12.3. The van der Waals surface area contributed by atoms with Gasteiger partial charge in [-0.2, -0.15) is 9.36 Å². The lowest BCUT2D eigenvalue weighted by atomic mass is 10.1. The van der Waals surface area contributed by atoms with E-state index in [9.17, 15) is 0 Å². The SMILES string of the molecule is Cc1ccc(C)c(-n2nnn(C[NH+]3CCN(c4ncccn4)CC3)c2=S)c1. The quantitative estimate of drug-likeness (QED) is 0.665. The molecule has 0 spiro atoms. The topological polar surface area (TPSA) is 69.1 Å².